The van der Waals surface area contributed by atoms with Gasteiger partial charge in [0, 0.05) is 11.1 Å². The van der Waals surface area contributed by atoms with Crippen LogP contribution < -0.4 is 5.32 Å². The van der Waals surface area contributed by atoms with Gasteiger partial charge in [0.2, 0.25) is 0 Å². The van der Waals surface area contributed by atoms with Gasteiger partial charge >= 0.3 is 0 Å². The number of fused-ring (bicyclic) bond motifs is 2. The molecule has 0 aromatic heterocycles. The Morgan fingerprint density at radius 1 is 1.21 bits per heavy atom. The fourth-order valence-corrected chi connectivity index (χ4v) is 4.47. The van der Waals surface area contributed by atoms with Crippen molar-refractivity contribution in [3.05, 3.63) is 30.3 Å². The maximum Gasteiger partial charge on any atom is 0.131 e. The number of nitrogens with zero attached hydrogens (tertiary/aromatic N) is 1. The van der Waals surface area contributed by atoms with Crippen LogP contribution >= 0.6 is 0 Å². The molecule has 2 fully saturated rings. The molecule has 2 bridgehead atoms. The number of benzene rings is 1. The second kappa shape index (κ2) is 3.76. The predicted octanol–water partition coefficient (Wildman–Crippen LogP) is 4.21. The van der Waals surface area contributed by atoms with Gasteiger partial charge in [-0.05, 0) is 42.7 Å². The van der Waals surface area contributed by atoms with Gasteiger partial charge in [-0.2, -0.15) is 5.26 Å². The fraction of sp³-hybridized carbons (Fsp3) is 0.588. The monoisotopic (exact) mass is 254 g/mol. The lowest BCUT2D eigenvalue weighted by Crippen LogP contribution is -2.51. The number of nitriles is 1. The Morgan fingerprint density at radius 3 is 2.37 bits per heavy atom. The summed E-state index contributed by atoms with van der Waals surface area (Å²) in [6, 6.07) is 12.8. The Morgan fingerprint density at radius 2 is 1.89 bits per heavy atom. The van der Waals surface area contributed by atoms with Crippen LogP contribution in [0.15, 0.2) is 30.3 Å². The second-order valence-corrected chi connectivity index (χ2v) is 7.00. The van der Waals surface area contributed by atoms with Crippen molar-refractivity contribution < 1.29 is 0 Å². The molecule has 0 radical (unpaired) electrons. The fourth-order valence-electron chi connectivity index (χ4n) is 4.47. The first-order valence-corrected chi connectivity index (χ1v) is 7.20. The maximum atomic E-state index is 9.88. The molecule has 2 aliphatic rings. The molecule has 100 valence electrons. The zero-order valence-electron chi connectivity index (χ0n) is 12.0. The van der Waals surface area contributed by atoms with Gasteiger partial charge in [-0.3, -0.25) is 0 Å². The summed E-state index contributed by atoms with van der Waals surface area (Å²) in [7, 11) is 0. The first kappa shape index (κ1) is 12.5. The van der Waals surface area contributed by atoms with E-state index in [4.69, 9.17) is 0 Å². The van der Waals surface area contributed by atoms with Crippen LogP contribution in [0.4, 0.5) is 5.69 Å². The molecule has 0 amide bonds. The Labute approximate surface area is 115 Å². The van der Waals surface area contributed by atoms with Crippen LogP contribution in [-0.2, 0) is 0 Å². The van der Waals surface area contributed by atoms with Gasteiger partial charge in [-0.15, -0.1) is 0 Å². The lowest BCUT2D eigenvalue weighted by atomic mass is 9.63. The standard InChI is InChI=1S/C17H22N2/c1-15(2)13-9-10-16(15,3)17(11-13,12-18)19-14-7-5-4-6-8-14/h4-8,13,19H,9-11H2,1-3H3/t13-,16+,17-/m0/s1. The molecule has 0 spiro atoms. The van der Waals surface area contributed by atoms with E-state index < -0.39 is 5.54 Å². The van der Waals surface area contributed by atoms with Crippen LogP contribution in [-0.4, -0.2) is 5.54 Å². The van der Waals surface area contributed by atoms with E-state index >= 15 is 0 Å². The molecule has 0 saturated heterocycles. The highest BCUT2D eigenvalue weighted by Gasteiger charge is 2.69. The zero-order chi connectivity index (χ0) is 13.7. The number of rotatable bonds is 2. The van der Waals surface area contributed by atoms with Crippen molar-refractivity contribution in [2.45, 2.75) is 45.6 Å². The molecule has 1 aromatic carbocycles. The molecule has 2 aliphatic carbocycles. The SMILES string of the molecule is CC1(C)[C@H]2CC[C@@]1(C)[C@](C#N)(Nc1ccccc1)C2. The minimum absolute atomic E-state index is 0.0509. The van der Waals surface area contributed by atoms with E-state index in [0.717, 1.165) is 18.5 Å². The van der Waals surface area contributed by atoms with Gasteiger partial charge in [0.05, 0.1) is 6.07 Å². The van der Waals surface area contributed by atoms with Gasteiger partial charge in [0.25, 0.3) is 0 Å². The largest absolute Gasteiger partial charge is 0.367 e. The molecule has 2 heteroatoms. The van der Waals surface area contributed by atoms with Crippen LogP contribution in [0.2, 0.25) is 0 Å². The second-order valence-electron chi connectivity index (χ2n) is 7.00. The van der Waals surface area contributed by atoms with Gasteiger partial charge < -0.3 is 5.32 Å². The molecule has 3 atom stereocenters. The first-order chi connectivity index (χ1) is 8.95. The van der Waals surface area contributed by atoms with E-state index in [2.05, 4.69) is 44.3 Å². The minimum atomic E-state index is -0.416. The molecule has 3 rings (SSSR count). The maximum absolute atomic E-state index is 9.88. The Bertz CT molecular complexity index is 528. The summed E-state index contributed by atoms with van der Waals surface area (Å²) in [5.74, 6) is 0.661. The smallest absolute Gasteiger partial charge is 0.131 e. The van der Waals surface area contributed by atoms with E-state index in [-0.39, 0.29) is 10.8 Å². The molecule has 0 heterocycles. The Balaban J connectivity index is 2.01. The van der Waals surface area contributed by atoms with Gasteiger partial charge in [-0.25, -0.2) is 0 Å². The third-order valence-electron chi connectivity index (χ3n) is 6.25. The van der Waals surface area contributed by atoms with Crippen molar-refractivity contribution in [3.63, 3.8) is 0 Å². The number of nitrogens with one attached hydrogen (secondary N) is 1. The minimum Gasteiger partial charge on any atom is -0.367 e. The van der Waals surface area contributed by atoms with E-state index in [0.29, 0.717) is 5.92 Å². The summed E-state index contributed by atoms with van der Waals surface area (Å²) in [6.07, 6.45) is 3.39. The lowest BCUT2D eigenvalue weighted by molar-refractivity contribution is 0.118. The van der Waals surface area contributed by atoms with E-state index in [1.54, 1.807) is 0 Å². The normalized spacial score (nSPS) is 38.9. The van der Waals surface area contributed by atoms with Crippen molar-refractivity contribution in [3.8, 4) is 6.07 Å². The topological polar surface area (TPSA) is 35.8 Å². The number of hydrogen-bond donors (Lipinski definition) is 1. The average molecular weight is 254 g/mol. The van der Waals surface area contributed by atoms with Crippen molar-refractivity contribution in [2.75, 3.05) is 5.32 Å². The zero-order valence-corrected chi connectivity index (χ0v) is 12.0. The summed E-state index contributed by atoms with van der Waals surface area (Å²) >= 11 is 0. The van der Waals surface area contributed by atoms with Crippen LogP contribution in [0.3, 0.4) is 0 Å². The van der Waals surface area contributed by atoms with Crippen LogP contribution in [0.5, 0.6) is 0 Å². The van der Waals surface area contributed by atoms with Crippen molar-refractivity contribution in [2.24, 2.45) is 16.7 Å². The van der Waals surface area contributed by atoms with Gasteiger partial charge in [0.1, 0.15) is 5.54 Å². The Hall–Kier alpha value is -1.49. The summed E-state index contributed by atoms with van der Waals surface area (Å²) in [6.45, 7) is 6.99. The van der Waals surface area contributed by atoms with Crippen molar-refractivity contribution in [1.82, 2.24) is 0 Å². The van der Waals surface area contributed by atoms with Gasteiger partial charge in [-0.1, -0.05) is 39.0 Å². The predicted molar refractivity (Wildman–Crippen MR) is 77.6 cm³/mol. The third-order valence-corrected chi connectivity index (χ3v) is 6.25. The number of para-hydroxylation sites is 1. The van der Waals surface area contributed by atoms with Crippen LogP contribution in [0, 0.1) is 28.1 Å². The van der Waals surface area contributed by atoms with E-state index in [9.17, 15) is 5.26 Å². The highest BCUT2D eigenvalue weighted by atomic mass is 15.0. The Kier molecular flexibility index (Phi) is 2.48. The molecule has 1 aromatic rings. The average Bonchev–Trinajstić information content (AvgIpc) is 2.72. The quantitative estimate of drug-likeness (QED) is 0.858. The molecule has 0 unspecified atom stereocenters. The van der Waals surface area contributed by atoms with Crippen molar-refractivity contribution >= 4 is 5.69 Å². The molecule has 2 saturated carbocycles. The first-order valence-electron chi connectivity index (χ1n) is 7.20. The highest BCUT2D eigenvalue weighted by Crippen LogP contribution is 2.70. The summed E-state index contributed by atoms with van der Waals surface area (Å²) in [5, 5.41) is 13.5. The highest BCUT2D eigenvalue weighted by molar-refractivity contribution is 5.51. The number of anilines is 1. The molecule has 1 N–H and O–H groups in total. The van der Waals surface area contributed by atoms with E-state index in [1.165, 1.54) is 6.42 Å². The van der Waals surface area contributed by atoms with Crippen LogP contribution in [0.25, 0.3) is 0 Å². The molecule has 19 heavy (non-hydrogen) atoms. The molecular weight excluding hydrogens is 232 g/mol. The molecule has 0 aliphatic heterocycles. The van der Waals surface area contributed by atoms with Crippen LogP contribution in [0.1, 0.15) is 40.0 Å². The summed E-state index contributed by atoms with van der Waals surface area (Å²) in [4.78, 5) is 0. The third kappa shape index (κ3) is 1.42. The lowest BCUT2D eigenvalue weighted by Gasteiger charge is -2.45. The number of hydrogen-bond acceptors (Lipinski definition) is 2. The van der Waals surface area contributed by atoms with E-state index in [1.807, 2.05) is 18.2 Å². The molecular formula is C17H22N2. The molecule has 2 nitrogen and oxygen atoms in total. The summed E-state index contributed by atoms with van der Waals surface area (Å²) in [5.41, 5.74) is 0.939. The summed E-state index contributed by atoms with van der Waals surface area (Å²) < 4.78 is 0. The van der Waals surface area contributed by atoms with Gasteiger partial charge in [0.15, 0.2) is 0 Å². The van der Waals surface area contributed by atoms with Crippen molar-refractivity contribution in [1.29, 1.82) is 5.26 Å².